The summed E-state index contributed by atoms with van der Waals surface area (Å²) in [6.07, 6.45) is 0.313. The number of ether oxygens (including phenoxy) is 1. The second-order valence-electron chi connectivity index (χ2n) is 5.30. The molecule has 0 unspecified atom stereocenters. The number of carbonyl (C=O) groups excluding carboxylic acids is 2. The third-order valence-electron chi connectivity index (χ3n) is 1.71. The summed E-state index contributed by atoms with van der Waals surface area (Å²) < 4.78 is 4.81. The van der Waals surface area contributed by atoms with E-state index < -0.39 is 23.1 Å². The summed E-state index contributed by atoms with van der Waals surface area (Å²) in [6.45, 7) is 8.86. The van der Waals surface area contributed by atoms with Crippen LogP contribution in [0.2, 0.25) is 0 Å². The third kappa shape index (κ3) is 7.99. The first kappa shape index (κ1) is 16.8. The van der Waals surface area contributed by atoms with Crippen LogP contribution in [0.15, 0.2) is 0 Å². The highest BCUT2D eigenvalue weighted by Gasteiger charge is 2.28. The van der Waals surface area contributed by atoms with E-state index in [-0.39, 0.29) is 6.61 Å². The molecule has 106 valence electrons. The van der Waals surface area contributed by atoms with Crippen LogP contribution in [-0.4, -0.2) is 35.0 Å². The van der Waals surface area contributed by atoms with Crippen molar-refractivity contribution >= 4 is 11.9 Å². The quantitative estimate of drug-likeness (QED) is 0.264. The minimum atomic E-state index is -1.46. The fraction of sp³-hybridized carbons (Fsp3) is 0.818. The van der Waals surface area contributed by atoms with Gasteiger partial charge in [0.25, 0.3) is 0 Å². The number of rotatable bonds is 5. The first-order valence-electron chi connectivity index (χ1n) is 5.47. The fourth-order valence-corrected chi connectivity index (χ4v) is 0.887. The molecular formula is C11H20O7. The highest BCUT2D eigenvalue weighted by atomic mass is 17.2. The second-order valence-corrected chi connectivity index (χ2v) is 5.30. The van der Waals surface area contributed by atoms with Gasteiger partial charge in [0.15, 0.2) is 0 Å². The summed E-state index contributed by atoms with van der Waals surface area (Å²) in [5.41, 5.74) is -1.37. The van der Waals surface area contributed by atoms with Crippen LogP contribution in [0.1, 0.15) is 41.0 Å². The second kappa shape index (κ2) is 6.67. The summed E-state index contributed by atoms with van der Waals surface area (Å²) >= 11 is 0. The molecule has 7 heteroatoms. The smallest absolute Gasteiger partial charge is 0.449 e. The molecule has 0 radical (unpaired) electrons. The molecule has 0 atom stereocenters. The Morgan fingerprint density at radius 3 is 2.06 bits per heavy atom. The van der Waals surface area contributed by atoms with Crippen molar-refractivity contribution in [2.75, 3.05) is 6.61 Å². The molecule has 0 aromatic heterocycles. The van der Waals surface area contributed by atoms with E-state index in [1.54, 1.807) is 13.8 Å². The number of hydrogen-bond acceptors (Lipinski definition) is 7. The maximum atomic E-state index is 11.1. The van der Waals surface area contributed by atoms with Gasteiger partial charge in [-0.2, -0.15) is 5.26 Å². The molecule has 1 N–H and O–H groups in total. The molecule has 0 spiro atoms. The van der Waals surface area contributed by atoms with Crippen molar-refractivity contribution in [1.82, 2.24) is 0 Å². The van der Waals surface area contributed by atoms with Gasteiger partial charge in [-0.3, -0.25) is 4.89 Å². The van der Waals surface area contributed by atoms with Crippen LogP contribution in [0.25, 0.3) is 0 Å². The van der Waals surface area contributed by atoms with Crippen molar-refractivity contribution in [2.45, 2.75) is 52.2 Å². The zero-order chi connectivity index (χ0) is 14.4. The normalized spacial score (nSPS) is 12.1. The van der Waals surface area contributed by atoms with E-state index in [9.17, 15) is 9.59 Å². The Morgan fingerprint density at radius 2 is 1.61 bits per heavy atom. The Labute approximate surface area is 106 Å². The van der Waals surface area contributed by atoms with E-state index in [0.29, 0.717) is 6.42 Å². The summed E-state index contributed by atoms with van der Waals surface area (Å²) in [5.74, 6) is -2.73. The van der Waals surface area contributed by atoms with Crippen molar-refractivity contribution in [3.8, 4) is 0 Å². The highest BCUT2D eigenvalue weighted by molar-refractivity contribution is 6.29. The first-order valence-corrected chi connectivity index (χ1v) is 5.47. The van der Waals surface area contributed by atoms with E-state index in [1.807, 2.05) is 20.8 Å². The minimum Gasteiger partial charge on any atom is -0.451 e. The number of esters is 1. The molecule has 0 amide bonds. The SMILES string of the molecule is CC(C)(C)OOCCC(C)(C)OC(=O)C(=O)OO. The van der Waals surface area contributed by atoms with Gasteiger partial charge in [0.2, 0.25) is 0 Å². The highest BCUT2D eigenvalue weighted by Crippen LogP contribution is 2.16. The van der Waals surface area contributed by atoms with Crippen LogP contribution in [0.4, 0.5) is 0 Å². The molecule has 7 nitrogen and oxygen atoms in total. The van der Waals surface area contributed by atoms with Crippen molar-refractivity contribution in [3.05, 3.63) is 0 Å². The molecule has 0 aromatic rings. The lowest BCUT2D eigenvalue weighted by molar-refractivity contribution is -0.351. The van der Waals surface area contributed by atoms with Crippen LogP contribution < -0.4 is 0 Å². The van der Waals surface area contributed by atoms with Gasteiger partial charge in [-0.05, 0) is 34.6 Å². The standard InChI is InChI=1S/C11H20O7/c1-10(2,3)18-15-7-6-11(4,5)16-8(12)9(13)17-14/h14H,6-7H2,1-5H3. The van der Waals surface area contributed by atoms with Crippen molar-refractivity contribution < 1.29 is 34.2 Å². The molecule has 0 rings (SSSR count). The van der Waals surface area contributed by atoms with E-state index in [1.165, 1.54) is 0 Å². The van der Waals surface area contributed by atoms with Gasteiger partial charge in [-0.1, -0.05) is 0 Å². The van der Waals surface area contributed by atoms with Gasteiger partial charge >= 0.3 is 11.9 Å². The lowest BCUT2D eigenvalue weighted by Crippen LogP contribution is -2.34. The first-order chi connectivity index (χ1) is 8.07. The molecule has 0 aliphatic carbocycles. The molecule has 0 aliphatic heterocycles. The predicted molar refractivity (Wildman–Crippen MR) is 60.3 cm³/mol. The summed E-state index contributed by atoms with van der Waals surface area (Å²) in [5, 5.41) is 8.01. The lowest BCUT2D eigenvalue weighted by atomic mass is 10.1. The van der Waals surface area contributed by atoms with E-state index in [4.69, 9.17) is 19.8 Å². The van der Waals surface area contributed by atoms with Crippen LogP contribution in [0, 0.1) is 0 Å². The van der Waals surface area contributed by atoms with Crippen LogP contribution in [0.3, 0.4) is 0 Å². The van der Waals surface area contributed by atoms with Crippen LogP contribution in [-0.2, 0) is 29.0 Å². The van der Waals surface area contributed by atoms with E-state index in [0.717, 1.165) is 0 Å². The molecule has 18 heavy (non-hydrogen) atoms. The average molecular weight is 264 g/mol. The molecule has 0 saturated carbocycles. The number of carbonyl (C=O) groups is 2. The maximum absolute atomic E-state index is 11.1. The Balaban J connectivity index is 4.01. The van der Waals surface area contributed by atoms with E-state index in [2.05, 4.69) is 4.89 Å². The van der Waals surface area contributed by atoms with Gasteiger partial charge in [-0.25, -0.2) is 19.4 Å². The number of hydrogen-bond donors (Lipinski definition) is 1. The monoisotopic (exact) mass is 264 g/mol. The fourth-order valence-electron chi connectivity index (χ4n) is 0.887. The molecule has 0 heterocycles. The van der Waals surface area contributed by atoms with Crippen molar-refractivity contribution in [3.63, 3.8) is 0 Å². The van der Waals surface area contributed by atoms with Crippen LogP contribution >= 0.6 is 0 Å². The molecule has 0 bridgehead atoms. The average Bonchev–Trinajstić information content (AvgIpc) is 2.21. The Morgan fingerprint density at radius 1 is 1.06 bits per heavy atom. The Kier molecular flexibility index (Phi) is 6.23. The minimum absolute atomic E-state index is 0.186. The Hall–Kier alpha value is -1.18. The van der Waals surface area contributed by atoms with E-state index >= 15 is 0 Å². The van der Waals surface area contributed by atoms with Gasteiger partial charge in [-0.15, -0.1) is 0 Å². The molecular weight excluding hydrogens is 244 g/mol. The topological polar surface area (TPSA) is 91.3 Å². The molecule has 0 saturated heterocycles. The predicted octanol–water partition coefficient (Wildman–Crippen LogP) is 1.46. The summed E-state index contributed by atoms with van der Waals surface area (Å²) in [6, 6.07) is 0. The van der Waals surface area contributed by atoms with Gasteiger partial charge in [0.05, 0.1) is 12.2 Å². The van der Waals surface area contributed by atoms with Gasteiger partial charge in [0, 0.05) is 6.42 Å². The van der Waals surface area contributed by atoms with Crippen molar-refractivity contribution in [1.29, 1.82) is 0 Å². The summed E-state index contributed by atoms with van der Waals surface area (Å²) in [7, 11) is 0. The largest absolute Gasteiger partial charge is 0.451 e. The third-order valence-corrected chi connectivity index (χ3v) is 1.71. The van der Waals surface area contributed by atoms with Crippen LogP contribution in [0.5, 0.6) is 0 Å². The molecule has 0 aliphatic rings. The zero-order valence-electron chi connectivity index (χ0n) is 11.3. The maximum Gasteiger partial charge on any atom is 0.449 e. The molecule has 0 fully saturated rings. The van der Waals surface area contributed by atoms with Gasteiger partial charge < -0.3 is 4.74 Å². The van der Waals surface area contributed by atoms with Crippen molar-refractivity contribution in [2.24, 2.45) is 0 Å². The Bertz CT molecular complexity index is 290. The molecule has 0 aromatic carbocycles. The zero-order valence-corrected chi connectivity index (χ0v) is 11.3. The lowest BCUT2D eigenvalue weighted by Gasteiger charge is -2.25. The van der Waals surface area contributed by atoms with Gasteiger partial charge in [0.1, 0.15) is 5.60 Å². The summed E-state index contributed by atoms with van der Waals surface area (Å²) in [4.78, 5) is 34.9.